The van der Waals surface area contributed by atoms with Crippen molar-refractivity contribution in [3.8, 4) is 11.5 Å². The number of Topliss-reactive ketones (excluding diaryl/α,β-unsaturated/α-hetero) is 1. The zero-order valence-corrected chi connectivity index (χ0v) is 20.9. The van der Waals surface area contributed by atoms with Gasteiger partial charge in [-0.1, -0.05) is 36.5 Å². The molecule has 3 heterocycles. The molecule has 0 bridgehead atoms. The van der Waals surface area contributed by atoms with E-state index in [9.17, 15) is 14.7 Å². The molecule has 0 saturated carbocycles. The highest BCUT2D eigenvalue weighted by atomic mass is 32.1. The number of ketones is 1. The summed E-state index contributed by atoms with van der Waals surface area (Å²) in [6.07, 6.45) is 0.877. The van der Waals surface area contributed by atoms with Crippen molar-refractivity contribution in [3.63, 3.8) is 0 Å². The molecule has 1 amide bonds. The smallest absolute Gasteiger partial charge is 0.296 e. The maximum absolute atomic E-state index is 13.5. The number of rotatable bonds is 7. The molecule has 4 aromatic rings. The van der Waals surface area contributed by atoms with Crippen LogP contribution in [0.25, 0.3) is 10.2 Å². The number of aryl methyl sites for hydroxylation is 1. The number of aliphatic hydroxyl groups excluding tert-OH is 1. The molecule has 35 heavy (non-hydrogen) atoms. The minimum Gasteiger partial charge on any atom is -0.503 e. The molecule has 2 aromatic heterocycles. The second-order valence-corrected chi connectivity index (χ2v) is 9.87. The zero-order valence-electron chi connectivity index (χ0n) is 19.3. The number of aromatic nitrogens is 1. The van der Waals surface area contributed by atoms with E-state index in [0.717, 1.165) is 22.2 Å². The van der Waals surface area contributed by atoms with Gasteiger partial charge in [-0.15, -0.1) is 11.3 Å². The van der Waals surface area contributed by atoms with E-state index >= 15 is 0 Å². The van der Waals surface area contributed by atoms with Gasteiger partial charge in [-0.25, -0.2) is 4.98 Å². The molecule has 2 aromatic carbocycles. The topological polar surface area (TPSA) is 89.0 Å². The van der Waals surface area contributed by atoms with Crippen LogP contribution in [0.3, 0.4) is 0 Å². The largest absolute Gasteiger partial charge is 0.503 e. The first-order valence-electron chi connectivity index (χ1n) is 10.9. The van der Waals surface area contributed by atoms with Gasteiger partial charge in [0.05, 0.1) is 40.9 Å². The number of benzene rings is 2. The van der Waals surface area contributed by atoms with Gasteiger partial charge in [0.15, 0.2) is 22.4 Å². The first-order chi connectivity index (χ1) is 17.0. The van der Waals surface area contributed by atoms with E-state index in [0.29, 0.717) is 27.1 Å². The zero-order chi connectivity index (χ0) is 24.7. The normalized spacial score (nSPS) is 15.8. The van der Waals surface area contributed by atoms with Crippen LogP contribution in [0.5, 0.6) is 11.5 Å². The van der Waals surface area contributed by atoms with Crippen molar-refractivity contribution in [2.45, 2.75) is 19.4 Å². The Labute approximate surface area is 209 Å². The third-order valence-electron chi connectivity index (χ3n) is 5.98. The number of fused-ring (bicyclic) bond motifs is 1. The Morgan fingerprint density at radius 2 is 1.91 bits per heavy atom. The predicted octanol–water partition coefficient (Wildman–Crippen LogP) is 5.72. The maximum Gasteiger partial charge on any atom is 0.296 e. The molecule has 0 spiro atoms. The lowest BCUT2D eigenvalue weighted by Crippen LogP contribution is -2.31. The van der Waals surface area contributed by atoms with Gasteiger partial charge in [0.1, 0.15) is 0 Å². The van der Waals surface area contributed by atoms with Crippen molar-refractivity contribution in [2.75, 3.05) is 19.1 Å². The van der Waals surface area contributed by atoms with E-state index in [1.165, 1.54) is 41.8 Å². The van der Waals surface area contributed by atoms with Crippen LogP contribution in [0, 0.1) is 0 Å². The SMILES string of the molecule is CCc1ccc2nc(N3C(=O)C(O)=C(C(=O)c4cccs4)C3c3ccc(OC)c(OC)c3)sc2c1. The van der Waals surface area contributed by atoms with Gasteiger partial charge < -0.3 is 14.6 Å². The van der Waals surface area contributed by atoms with Crippen molar-refractivity contribution >= 4 is 49.7 Å². The number of carbonyl (C=O) groups excluding carboxylic acids is 2. The van der Waals surface area contributed by atoms with Crippen molar-refractivity contribution < 1.29 is 24.2 Å². The third-order valence-corrected chi connectivity index (χ3v) is 7.86. The molecule has 7 nitrogen and oxygen atoms in total. The van der Waals surface area contributed by atoms with Crippen LogP contribution < -0.4 is 14.4 Å². The standard InChI is InChI=1S/C26H22N2O5S2/c1-4-14-7-9-16-20(12-14)35-26(27-16)28-22(15-8-10-17(32-2)18(13-15)33-3)21(24(30)25(28)31)23(29)19-6-5-11-34-19/h5-13,22,30H,4H2,1-3H3. The lowest BCUT2D eigenvalue weighted by atomic mass is 9.95. The number of methoxy groups -OCH3 is 2. The number of nitrogens with zero attached hydrogens (tertiary/aromatic N) is 2. The predicted molar refractivity (Wildman–Crippen MR) is 137 cm³/mol. The van der Waals surface area contributed by atoms with Gasteiger partial charge >= 0.3 is 0 Å². The lowest BCUT2D eigenvalue weighted by Gasteiger charge is -2.25. The lowest BCUT2D eigenvalue weighted by molar-refractivity contribution is -0.117. The van der Waals surface area contributed by atoms with Gasteiger partial charge in [-0.2, -0.15) is 0 Å². The van der Waals surface area contributed by atoms with E-state index in [-0.39, 0.29) is 5.57 Å². The number of thiophene rings is 1. The van der Waals surface area contributed by atoms with Gasteiger partial charge in [-0.3, -0.25) is 14.5 Å². The summed E-state index contributed by atoms with van der Waals surface area (Å²) in [7, 11) is 3.05. The Kier molecular flexibility index (Phi) is 6.04. The average molecular weight is 507 g/mol. The minimum atomic E-state index is -0.886. The first-order valence-corrected chi connectivity index (χ1v) is 12.6. The molecule has 0 saturated heterocycles. The summed E-state index contributed by atoms with van der Waals surface area (Å²) in [5.41, 5.74) is 2.51. The summed E-state index contributed by atoms with van der Waals surface area (Å²) < 4.78 is 11.8. The average Bonchev–Trinajstić information content (AvgIpc) is 3.61. The highest BCUT2D eigenvalue weighted by Crippen LogP contribution is 2.46. The maximum atomic E-state index is 13.5. The van der Waals surface area contributed by atoms with E-state index in [2.05, 4.69) is 11.9 Å². The minimum absolute atomic E-state index is 0.0122. The summed E-state index contributed by atoms with van der Waals surface area (Å²) in [5, 5.41) is 13.2. The first kappa shape index (κ1) is 23.1. The second-order valence-electron chi connectivity index (χ2n) is 7.91. The van der Waals surface area contributed by atoms with Crippen molar-refractivity contribution in [1.82, 2.24) is 4.98 Å². The van der Waals surface area contributed by atoms with Crippen molar-refractivity contribution in [3.05, 3.63) is 81.2 Å². The van der Waals surface area contributed by atoms with Crippen LogP contribution in [0.4, 0.5) is 5.13 Å². The fourth-order valence-corrected chi connectivity index (χ4v) is 5.93. The summed E-state index contributed by atoms with van der Waals surface area (Å²) in [6, 6.07) is 13.7. The molecular formula is C26H22N2O5S2. The van der Waals surface area contributed by atoms with Gasteiger partial charge in [0.25, 0.3) is 5.91 Å². The van der Waals surface area contributed by atoms with E-state index in [1.807, 2.05) is 18.2 Å². The molecule has 9 heteroatoms. The number of thiazole rings is 1. The summed E-state index contributed by atoms with van der Waals surface area (Å²) >= 11 is 2.60. The number of carbonyl (C=O) groups is 2. The molecule has 1 atom stereocenters. The Balaban J connectivity index is 1.69. The third kappa shape index (κ3) is 3.86. The molecule has 1 aliphatic heterocycles. The van der Waals surface area contributed by atoms with Crippen LogP contribution in [0.15, 0.2) is 65.2 Å². The van der Waals surface area contributed by atoms with Gasteiger partial charge in [0.2, 0.25) is 5.78 Å². The molecule has 178 valence electrons. The van der Waals surface area contributed by atoms with Gasteiger partial charge in [-0.05, 0) is 53.3 Å². The summed E-state index contributed by atoms with van der Waals surface area (Å²) in [5.74, 6) is -0.680. The number of ether oxygens (including phenoxy) is 2. The quantitative estimate of drug-likeness (QED) is 0.323. The van der Waals surface area contributed by atoms with Crippen molar-refractivity contribution in [1.29, 1.82) is 0 Å². The fraction of sp³-hybridized carbons (Fsp3) is 0.192. The second kappa shape index (κ2) is 9.16. The number of hydrogen-bond acceptors (Lipinski definition) is 8. The number of hydrogen-bond donors (Lipinski definition) is 1. The molecule has 0 fully saturated rings. The van der Waals surface area contributed by atoms with E-state index in [1.54, 1.807) is 35.7 Å². The molecule has 5 rings (SSSR count). The summed E-state index contributed by atoms with van der Waals surface area (Å²) in [6.45, 7) is 2.07. The van der Waals surface area contributed by atoms with Crippen LogP contribution in [0.1, 0.15) is 33.8 Å². The van der Waals surface area contributed by atoms with Crippen LogP contribution in [-0.4, -0.2) is 36.0 Å². The highest BCUT2D eigenvalue weighted by molar-refractivity contribution is 7.22. The Hall–Kier alpha value is -3.69. The molecule has 1 aliphatic rings. The Morgan fingerprint density at radius 1 is 1.11 bits per heavy atom. The Morgan fingerprint density at radius 3 is 2.60 bits per heavy atom. The molecule has 1 unspecified atom stereocenters. The van der Waals surface area contributed by atoms with Crippen LogP contribution >= 0.6 is 22.7 Å². The molecular weight excluding hydrogens is 484 g/mol. The van der Waals surface area contributed by atoms with Crippen molar-refractivity contribution in [2.24, 2.45) is 0 Å². The number of amides is 1. The van der Waals surface area contributed by atoms with Crippen LogP contribution in [-0.2, 0) is 11.2 Å². The molecule has 0 aliphatic carbocycles. The summed E-state index contributed by atoms with van der Waals surface area (Å²) in [4.78, 5) is 33.4. The molecule has 1 N–H and O–H groups in total. The molecule has 0 radical (unpaired) electrons. The Bertz CT molecular complexity index is 1470. The van der Waals surface area contributed by atoms with Crippen LogP contribution in [0.2, 0.25) is 0 Å². The number of anilines is 1. The fourth-order valence-electron chi connectivity index (χ4n) is 4.19. The van der Waals surface area contributed by atoms with E-state index in [4.69, 9.17) is 9.47 Å². The van der Waals surface area contributed by atoms with E-state index < -0.39 is 23.5 Å². The number of aliphatic hydroxyl groups is 1. The monoisotopic (exact) mass is 506 g/mol. The van der Waals surface area contributed by atoms with Gasteiger partial charge in [0, 0.05) is 0 Å². The highest BCUT2D eigenvalue weighted by Gasteiger charge is 2.46.